The van der Waals surface area contributed by atoms with Crippen LogP contribution in [-0.2, 0) is 0 Å². The number of fused-ring (bicyclic) bond motifs is 7. The Morgan fingerprint density at radius 1 is 0.582 bits per heavy atom. The molecule has 0 bridgehead atoms. The number of aromatic nitrogens is 1. The van der Waals surface area contributed by atoms with Gasteiger partial charge in [0.2, 0.25) is 0 Å². The molecule has 1 atom stereocenters. The van der Waals surface area contributed by atoms with Gasteiger partial charge in [-0.3, -0.25) is 0 Å². The molecule has 0 saturated heterocycles. The number of benzene rings is 8. The number of dihydropyridines is 1. The second kappa shape index (κ2) is 13.4. The molecular weight excluding hydrogens is 667 g/mol. The van der Waals surface area contributed by atoms with Crippen molar-refractivity contribution in [1.29, 1.82) is 0 Å². The van der Waals surface area contributed by atoms with Crippen LogP contribution < -0.4 is 11.1 Å². The van der Waals surface area contributed by atoms with Gasteiger partial charge in [0.25, 0.3) is 0 Å². The summed E-state index contributed by atoms with van der Waals surface area (Å²) in [6.45, 7) is 1.99. The summed E-state index contributed by atoms with van der Waals surface area (Å²) < 4.78 is 2.45. The van der Waals surface area contributed by atoms with E-state index < -0.39 is 0 Å². The summed E-state index contributed by atoms with van der Waals surface area (Å²) in [5.41, 5.74) is 17.8. The number of hydrogen-bond acceptors (Lipinski definition) is 2. The summed E-state index contributed by atoms with van der Waals surface area (Å²) in [6.07, 6.45) is 14.2. The molecule has 1 aliphatic heterocycles. The van der Waals surface area contributed by atoms with E-state index in [1.807, 2.05) is 37.4 Å². The van der Waals surface area contributed by atoms with Crippen molar-refractivity contribution >= 4 is 59.8 Å². The van der Waals surface area contributed by atoms with E-state index >= 15 is 0 Å². The minimum Gasteiger partial charge on any atom is -0.398 e. The van der Waals surface area contributed by atoms with Crippen molar-refractivity contribution in [3.8, 4) is 27.9 Å². The van der Waals surface area contributed by atoms with Crippen molar-refractivity contribution in [1.82, 2.24) is 9.88 Å². The first-order valence-electron chi connectivity index (χ1n) is 18.9. The Labute approximate surface area is 320 Å². The van der Waals surface area contributed by atoms with Gasteiger partial charge in [-0.1, -0.05) is 127 Å². The molecule has 0 spiro atoms. The molecule has 1 aromatic heterocycles. The normalized spacial score (nSPS) is 14.6. The van der Waals surface area contributed by atoms with Crippen LogP contribution in [0, 0.1) is 0 Å². The van der Waals surface area contributed by atoms with E-state index in [1.165, 1.54) is 81.9 Å². The minimum atomic E-state index is 0.198. The zero-order chi connectivity index (χ0) is 36.9. The number of nitrogens with zero attached hydrogens (tertiary/aromatic N) is 1. The zero-order valence-electron chi connectivity index (χ0n) is 30.6. The molecule has 0 amide bonds. The van der Waals surface area contributed by atoms with E-state index in [0.29, 0.717) is 0 Å². The summed E-state index contributed by atoms with van der Waals surface area (Å²) in [5, 5.41) is 13.2. The van der Waals surface area contributed by atoms with Crippen molar-refractivity contribution < 1.29 is 0 Å². The predicted molar refractivity (Wildman–Crippen MR) is 235 cm³/mol. The molecule has 2 heterocycles. The van der Waals surface area contributed by atoms with Crippen molar-refractivity contribution in [3.63, 3.8) is 0 Å². The van der Waals surface area contributed by atoms with Gasteiger partial charge >= 0.3 is 0 Å². The Morgan fingerprint density at radius 2 is 1.20 bits per heavy atom. The van der Waals surface area contributed by atoms with Gasteiger partial charge in [-0.15, -0.1) is 0 Å². The van der Waals surface area contributed by atoms with Crippen LogP contribution in [0.3, 0.4) is 0 Å². The number of nitrogens with one attached hydrogen (secondary N) is 1. The summed E-state index contributed by atoms with van der Waals surface area (Å²) in [4.78, 5) is 0. The molecule has 55 heavy (non-hydrogen) atoms. The number of allylic oxidation sites excluding steroid dienone is 5. The average molecular weight is 706 g/mol. The fourth-order valence-electron chi connectivity index (χ4n) is 8.23. The maximum absolute atomic E-state index is 6.34. The van der Waals surface area contributed by atoms with E-state index in [1.54, 1.807) is 0 Å². The first kappa shape index (κ1) is 32.5. The zero-order valence-corrected chi connectivity index (χ0v) is 30.6. The van der Waals surface area contributed by atoms with Crippen LogP contribution in [0.25, 0.3) is 87.8 Å². The van der Waals surface area contributed by atoms with Crippen molar-refractivity contribution in [2.45, 2.75) is 13.0 Å². The minimum absolute atomic E-state index is 0.198. The van der Waals surface area contributed by atoms with E-state index in [4.69, 9.17) is 5.73 Å². The Hall–Kier alpha value is -7.10. The molecule has 3 N–H and O–H groups in total. The lowest BCUT2D eigenvalue weighted by molar-refractivity contribution is 0.747. The molecule has 3 heteroatoms. The number of hydrogen-bond donors (Lipinski definition) is 2. The van der Waals surface area contributed by atoms with Gasteiger partial charge in [-0.05, 0) is 134 Å². The highest BCUT2D eigenvalue weighted by atomic mass is 15.0. The molecule has 9 aromatic rings. The highest BCUT2D eigenvalue weighted by molar-refractivity contribution is 6.19. The molecule has 8 aromatic carbocycles. The monoisotopic (exact) mass is 705 g/mol. The van der Waals surface area contributed by atoms with Crippen LogP contribution in [0.4, 0.5) is 0 Å². The molecule has 262 valence electrons. The van der Waals surface area contributed by atoms with E-state index in [2.05, 4.69) is 174 Å². The molecule has 1 unspecified atom stereocenters. The van der Waals surface area contributed by atoms with Gasteiger partial charge in [0.05, 0.1) is 17.1 Å². The first-order valence-corrected chi connectivity index (χ1v) is 18.9. The van der Waals surface area contributed by atoms with Crippen LogP contribution >= 0.6 is 0 Å². The summed E-state index contributed by atoms with van der Waals surface area (Å²) in [7, 11) is 0. The third-order valence-electron chi connectivity index (χ3n) is 11.1. The predicted octanol–water partition coefficient (Wildman–Crippen LogP) is 13.2. The molecule has 0 saturated carbocycles. The van der Waals surface area contributed by atoms with Gasteiger partial charge in [0, 0.05) is 27.5 Å². The smallest absolute Gasteiger partial charge is 0.0695 e. The maximum atomic E-state index is 6.34. The molecule has 0 radical (unpaired) electrons. The van der Waals surface area contributed by atoms with Gasteiger partial charge in [-0.2, -0.15) is 0 Å². The summed E-state index contributed by atoms with van der Waals surface area (Å²) in [6, 6.07) is 56.1. The lowest BCUT2D eigenvalue weighted by Crippen LogP contribution is -2.14. The van der Waals surface area contributed by atoms with E-state index in [9.17, 15) is 0 Å². The number of rotatable bonds is 6. The van der Waals surface area contributed by atoms with Crippen LogP contribution in [-0.4, -0.2) is 4.57 Å². The van der Waals surface area contributed by atoms with Gasteiger partial charge in [-0.25, -0.2) is 0 Å². The van der Waals surface area contributed by atoms with Crippen LogP contribution in [0.1, 0.15) is 24.1 Å². The second-order valence-electron chi connectivity index (χ2n) is 14.4. The molecule has 3 nitrogen and oxygen atoms in total. The van der Waals surface area contributed by atoms with E-state index in [0.717, 1.165) is 16.9 Å². The SMILES string of the molecule is C/C=C\C=C(/N)c1ccc2cc(-c3ccc4c(ccc5c6ccc(-c7ccc8cc(C9C=CC=CN9)ccc8c7)cc6n(-c6ccccc6)c45)c3)ccc2c1. The number of para-hydroxylation sites is 1. The third kappa shape index (κ3) is 5.78. The fraction of sp³-hybridized carbons (Fsp3) is 0.0385. The van der Waals surface area contributed by atoms with Gasteiger partial charge in [0.15, 0.2) is 0 Å². The Bertz CT molecular complexity index is 3080. The first-order chi connectivity index (χ1) is 27.1. The van der Waals surface area contributed by atoms with Crippen molar-refractivity contribution in [2.24, 2.45) is 5.73 Å². The van der Waals surface area contributed by atoms with Crippen LogP contribution in [0.5, 0.6) is 0 Å². The van der Waals surface area contributed by atoms with Crippen molar-refractivity contribution in [3.05, 3.63) is 205 Å². The molecule has 10 rings (SSSR count). The van der Waals surface area contributed by atoms with Gasteiger partial charge < -0.3 is 15.6 Å². The molecule has 1 aliphatic rings. The summed E-state index contributed by atoms with van der Waals surface area (Å²) in [5.74, 6) is 0. The average Bonchev–Trinajstić information content (AvgIpc) is 3.59. The standard InChI is InChI=1S/C52H39N3/c1-2-3-11-49(53)43-19-17-35-28-34(13-15-38(35)31-43)40-21-24-46-42(30-40)23-26-48-47-25-22-41(33-51(47)55(52(46)48)45-9-5-4-6-10-45)37-14-16-39-32-44(20-18-36(39)29-37)50-12-7-8-27-54-50/h2-33,50,54H,53H2,1H3/b3-2-,49-11-. The Balaban J connectivity index is 1.07. The van der Waals surface area contributed by atoms with E-state index in [-0.39, 0.29) is 6.04 Å². The Morgan fingerprint density at radius 3 is 1.95 bits per heavy atom. The largest absolute Gasteiger partial charge is 0.398 e. The molecular formula is C52H39N3. The highest BCUT2D eigenvalue weighted by Crippen LogP contribution is 2.40. The van der Waals surface area contributed by atoms with Crippen molar-refractivity contribution in [2.75, 3.05) is 0 Å². The second-order valence-corrected chi connectivity index (χ2v) is 14.4. The topological polar surface area (TPSA) is 43.0 Å². The molecule has 0 aliphatic carbocycles. The highest BCUT2D eigenvalue weighted by Gasteiger charge is 2.17. The summed E-state index contributed by atoms with van der Waals surface area (Å²) >= 11 is 0. The van der Waals surface area contributed by atoms with Gasteiger partial charge in [0.1, 0.15) is 0 Å². The van der Waals surface area contributed by atoms with Crippen LogP contribution in [0.15, 0.2) is 194 Å². The fourth-order valence-corrected chi connectivity index (χ4v) is 8.23. The molecule has 0 fully saturated rings. The third-order valence-corrected chi connectivity index (χ3v) is 11.1. The lowest BCUT2D eigenvalue weighted by Gasteiger charge is -2.17. The van der Waals surface area contributed by atoms with Crippen LogP contribution in [0.2, 0.25) is 0 Å². The quantitative estimate of drug-likeness (QED) is 0.169. The Kier molecular flexibility index (Phi) is 7.92. The lowest BCUT2D eigenvalue weighted by atomic mass is 9.96. The maximum Gasteiger partial charge on any atom is 0.0695 e. The number of nitrogens with two attached hydrogens (primary N) is 1.